The number of carbonyl (C=O) groups is 4. The molecule has 1 atom stereocenters. The Hall–Kier alpha value is -3.59. The van der Waals surface area contributed by atoms with Gasteiger partial charge in [-0.1, -0.05) is 37.6 Å². The van der Waals surface area contributed by atoms with E-state index >= 15 is 0 Å². The molecule has 2 aliphatic heterocycles. The minimum absolute atomic E-state index is 0.148. The fourth-order valence-corrected chi connectivity index (χ4v) is 4.76. The molecule has 2 aromatic rings. The zero-order chi connectivity index (χ0) is 25.3. The lowest BCUT2D eigenvalue weighted by atomic mass is 10.0. The molecule has 1 saturated heterocycles. The first-order chi connectivity index (χ1) is 16.7. The number of ether oxygens (including phenoxy) is 1. The van der Waals surface area contributed by atoms with E-state index in [1.54, 1.807) is 18.2 Å². The summed E-state index contributed by atoms with van der Waals surface area (Å²) in [4.78, 5) is 50.5. The van der Waals surface area contributed by atoms with Gasteiger partial charge >= 0.3 is 6.03 Å². The zero-order valence-corrected chi connectivity index (χ0v) is 20.5. The van der Waals surface area contributed by atoms with Crippen LogP contribution in [0.2, 0.25) is 5.02 Å². The monoisotopic (exact) mass is 498 g/mol. The molecular formula is C25H27ClN4O5. The quantitative estimate of drug-likeness (QED) is 0.526. The lowest BCUT2D eigenvalue weighted by Crippen LogP contribution is -2.52. The van der Waals surface area contributed by atoms with Gasteiger partial charge in [-0.15, -0.1) is 0 Å². The van der Waals surface area contributed by atoms with Crippen molar-refractivity contribution in [1.82, 2.24) is 15.5 Å². The second-order valence-corrected chi connectivity index (χ2v) is 9.31. The van der Waals surface area contributed by atoms with Crippen molar-refractivity contribution in [3.63, 3.8) is 0 Å². The molecule has 3 N–H and O–H groups in total. The van der Waals surface area contributed by atoms with Gasteiger partial charge in [0.1, 0.15) is 11.8 Å². The minimum Gasteiger partial charge on any atom is -0.495 e. The molecule has 9 nitrogen and oxygen atoms in total. The van der Waals surface area contributed by atoms with Gasteiger partial charge in [0, 0.05) is 36.8 Å². The van der Waals surface area contributed by atoms with Crippen molar-refractivity contribution in [3.05, 3.63) is 57.6 Å². The SMILES string of the molecule is COc1cc(NC(=O)NCc2ccc3c(c2)CN(C2CCC(=O)NC2=O)C3=O)cc(C(C)C)c1Cl. The van der Waals surface area contributed by atoms with E-state index in [0.29, 0.717) is 28.4 Å². The van der Waals surface area contributed by atoms with Crippen LogP contribution < -0.4 is 20.7 Å². The molecule has 5 amide bonds. The average Bonchev–Trinajstić information content (AvgIpc) is 3.14. The minimum atomic E-state index is -0.660. The van der Waals surface area contributed by atoms with Crippen molar-refractivity contribution in [1.29, 1.82) is 0 Å². The van der Waals surface area contributed by atoms with Crippen LogP contribution in [0.4, 0.5) is 10.5 Å². The standard InChI is InChI=1S/C25H27ClN4O5/c1-13(2)18-9-16(10-20(35-3)22(18)26)28-25(34)27-11-14-4-5-17-15(8-14)12-30(24(17)33)19-6-7-21(31)29-23(19)32/h4-5,8-10,13,19H,6-7,11-12H2,1-3H3,(H2,27,28,34)(H,29,31,32). The van der Waals surface area contributed by atoms with E-state index in [-0.39, 0.29) is 37.2 Å². The fourth-order valence-electron chi connectivity index (χ4n) is 4.36. The van der Waals surface area contributed by atoms with E-state index in [0.717, 1.165) is 16.7 Å². The number of anilines is 1. The summed E-state index contributed by atoms with van der Waals surface area (Å²) in [5.41, 5.74) is 3.55. The second-order valence-electron chi connectivity index (χ2n) is 8.94. The number of rotatable bonds is 6. The highest BCUT2D eigenvalue weighted by atomic mass is 35.5. The Balaban J connectivity index is 1.40. The van der Waals surface area contributed by atoms with Crippen molar-refractivity contribution >= 4 is 41.0 Å². The van der Waals surface area contributed by atoms with Crippen LogP contribution in [0.25, 0.3) is 0 Å². The second kappa shape index (κ2) is 9.95. The van der Waals surface area contributed by atoms with E-state index < -0.39 is 18.0 Å². The van der Waals surface area contributed by atoms with Gasteiger partial charge in [0.05, 0.1) is 12.1 Å². The molecule has 4 rings (SSSR count). The molecule has 0 saturated carbocycles. The summed E-state index contributed by atoms with van der Waals surface area (Å²) >= 11 is 6.37. The summed E-state index contributed by atoms with van der Waals surface area (Å²) in [6.07, 6.45) is 0.520. The Morgan fingerprint density at radius 1 is 1.23 bits per heavy atom. The van der Waals surface area contributed by atoms with E-state index in [1.165, 1.54) is 12.0 Å². The largest absolute Gasteiger partial charge is 0.495 e. The number of hydrogen-bond donors (Lipinski definition) is 3. The van der Waals surface area contributed by atoms with Crippen LogP contribution in [-0.2, 0) is 22.7 Å². The van der Waals surface area contributed by atoms with Crippen LogP contribution in [0.1, 0.15) is 59.7 Å². The third kappa shape index (κ3) is 5.09. The molecule has 0 aromatic heterocycles. The van der Waals surface area contributed by atoms with Gasteiger partial charge in [0.25, 0.3) is 5.91 Å². The number of halogens is 1. The van der Waals surface area contributed by atoms with Crippen LogP contribution in [0.3, 0.4) is 0 Å². The lowest BCUT2D eigenvalue weighted by molar-refractivity contribution is -0.136. The molecule has 0 aliphatic carbocycles. The summed E-state index contributed by atoms with van der Waals surface area (Å²) in [7, 11) is 1.52. The van der Waals surface area contributed by atoms with E-state index in [4.69, 9.17) is 16.3 Å². The summed E-state index contributed by atoms with van der Waals surface area (Å²) in [5.74, 6) is -0.364. The van der Waals surface area contributed by atoms with Crippen molar-refractivity contribution in [3.8, 4) is 5.75 Å². The van der Waals surface area contributed by atoms with Gasteiger partial charge in [-0.25, -0.2) is 4.79 Å². The molecule has 0 spiro atoms. The van der Waals surface area contributed by atoms with Gasteiger partial charge < -0.3 is 20.3 Å². The first kappa shape index (κ1) is 24.5. The average molecular weight is 499 g/mol. The molecule has 0 bridgehead atoms. The van der Waals surface area contributed by atoms with E-state index in [2.05, 4.69) is 16.0 Å². The van der Waals surface area contributed by atoms with Crippen molar-refractivity contribution < 1.29 is 23.9 Å². The Bertz CT molecular complexity index is 1210. The first-order valence-electron chi connectivity index (χ1n) is 11.4. The number of amides is 5. The van der Waals surface area contributed by atoms with Gasteiger partial charge in [0.2, 0.25) is 11.8 Å². The number of piperidine rings is 1. The molecule has 0 radical (unpaired) electrons. The molecule has 2 heterocycles. The molecule has 1 fully saturated rings. The lowest BCUT2D eigenvalue weighted by Gasteiger charge is -2.29. The Morgan fingerprint density at radius 3 is 2.69 bits per heavy atom. The smallest absolute Gasteiger partial charge is 0.319 e. The van der Waals surface area contributed by atoms with Gasteiger partial charge in [-0.3, -0.25) is 19.7 Å². The maximum Gasteiger partial charge on any atom is 0.319 e. The predicted molar refractivity (Wildman–Crippen MR) is 130 cm³/mol. The fraction of sp³-hybridized carbons (Fsp3) is 0.360. The molecule has 10 heteroatoms. The highest BCUT2D eigenvalue weighted by Gasteiger charge is 2.39. The molecule has 35 heavy (non-hydrogen) atoms. The summed E-state index contributed by atoms with van der Waals surface area (Å²) < 4.78 is 5.33. The normalized spacial score (nSPS) is 17.3. The van der Waals surface area contributed by atoms with Crippen LogP contribution >= 0.6 is 11.6 Å². The maximum absolute atomic E-state index is 12.8. The molecule has 1 unspecified atom stereocenters. The number of methoxy groups -OCH3 is 1. The van der Waals surface area contributed by atoms with E-state index in [9.17, 15) is 19.2 Å². The Labute approximate surface area is 208 Å². The first-order valence-corrected chi connectivity index (χ1v) is 11.7. The molecular weight excluding hydrogens is 472 g/mol. The molecule has 2 aliphatic rings. The maximum atomic E-state index is 12.8. The summed E-state index contributed by atoms with van der Waals surface area (Å²) in [6.45, 7) is 4.53. The number of fused-ring (bicyclic) bond motifs is 1. The van der Waals surface area contributed by atoms with E-state index in [1.807, 2.05) is 26.0 Å². The van der Waals surface area contributed by atoms with Gasteiger partial charge in [-0.2, -0.15) is 0 Å². The van der Waals surface area contributed by atoms with Crippen LogP contribution in [0.5, 0.6) is 5.75 Å². The molecule has 184 valence electrons. The number of urea groups is 1. The topological polar surface area (TPSA) is 117 Å². The number of nitrogens with zero attached hydrogens (tertiary/aromatic N) is 1. The Morgan fingerprint density at radius 2 is 2.00 bits per heavy atom. The molecule has 2 aromatic carbocycles. The van der Waals surface area contributed by atoms with Crippen molar-refractivity contribution in [2.24, 2.45) is 0 Å². The van der Waals surface area contributed by atoms with Crippen LogP contribution in [-0.4, -0.2) is 41.8 Å². The number of benzene rings is 2. The number of nitrogens with one attached hydrogen (secondary N) is 3. The van der Waals surface area contributed by atoms with Gasteiger partial charge in [0.15, 0.2) is 0 Å². The highest BCUT2D eigenvalue weighted by molar-refractivity contribution is 6.33. The third-order valence-electron chi connectivity index (χ3n) is 6.21. The zero-order valence-electron chi connectivity index (χ0n) is 19.7. The number of imide groups is 1. The summed E-state index contributed by atoms with van der Waals surface area (Å²) in [5, 5.41) is 8.43. The predicted octanol–water partition coefficient (Wildman–Crippen LogP) is 3.55. The number of carbonyl (C=O) groups excluding carboxylic acids is 4. The third-order valence-corrected chi connectivity index (χ3v) is 6.61. The Kier molecular flexibility index (Phi) is 6.98. The van der Waals surface area contributed by atoms with Crippen LogP contribution in [0, 0.1) is 0 Å². The van der Waals surface area contributed by atoms with Crippen molar-refractivity contribution in [2.75, 3.05) is 12.4 Å². The number of hydrogen-bond acceptors (Lipinski definition) is 5. The van der Waals surface area contributed by atoms with Crippen molar-refractivity contribution in [2.45, 2.75) is 51.7 Å². The van der Waals surface area contributed by atoms with Crippen LogP contribution in [0.15, 0.2) is 30.3 Å². The highest BCUT2D eigenvalue weighted by Crippen LogP contribution is 2.36. The van der Waals surface area contributed by atoms with Gasteiger partial charge in [-0.05, 0) is 41.2 Å². The summed E-state index contributed by atoms with van der Waals surface area (Å²) in [6, 6.07) is 7.75.